The van der Waals surface area contributed by atoms with E-state index in [4.69, 9.17) is 10.5 Å². The van der Waals surface area contributed by atoms with Gasteiger partial charge in [-0.2, -0.15) is 0 Å². The van der Waals surface area contributed by atoms with Crippen molar-refractivity contribution in [1.29, 1.82) is 0 Å². The first-order chi connectivity index (χ1) is 16.3. The molecule has 1 spiro atoms. The molecule has 0 radical (unpaired) electrons. The molecule has 2 N–H and O–H groups in total. The normalized spacial score (nSPS) is 48.8. The predicted octanol–water partition coefficient (Wildman–Crippen LogP) is 5.27. The molecule has 188 valence electrons. The van der Waals surface area contributed by atoms with Gasteiger partial charge in [0.2, 0.25) is 0 Å². The van der Waals surface area contributed by atoms with Crippen LogP contribution in [-0.4, -0.2) is 48.1 Å². The van der Waals surface area contributed by atoms with Crippen molar-refractivity contribution in [2.75, 3.05) is 19.6 Å². The number of Topliss-reactive ketones (excluding diaryl/α,β-unsaturated/α-hetero) is 1. The van der Waals surface area contributed by atoms with Gasteiger partial charge in [-0.05, 0) is 81.0 Å². The number of likely N-dealkylation sites (tertiary alicyclic amines) is 1. The van der Waals surface area contributed by atoms with Crippen molar-refractivity contribution in [1.82, 2.24) is 4.90 Å². The number of ketones is 1. The minimum Gasteiger partial charge on any atom is -0.369 e. The maximum atomic E-state index is 12.2. The highest BCUT2D eigenvalue weighted by atomic mass is 16.5. The molecule has 2 saturated heterocycles. The highest BCUT2D eigenvalue weighted by Gasteiger charge is 2.59. The molecule has 4 fully saturated rings. The average Bonchev–Trinajstić information content (AvgIpc) is 3.25. The molecule has 6 aliphatic rings. The molecule has 0 aromatic heterocycles. The Kier molecular flexibility index (Phi) is 5.71. The van der Waals surface area contributed by atoms with Crippen molar-refractivity contribution in [2.24, 2.45) is 40.7 Å². The van der Waals surface area contributed by atoms with Gasteiger partial charge in [0.05, 0.1) is 11.7 Å². The van der Waals surface area contributed by atoms with Crippen molar-refractivity contribution in [3.8, 4) is 0 Å². The Balaban J connectivity index is 1.28. The number of rotatable bonds is 2. The zero-order valence-electron chi connectivity index (χ0n) is 21.9. The van der Waals surface area contributed by atoms with Crippen LogP contribution in [0.3, 0.4) is 0 Å². The molecule has 2 saturated carbocycles. The van der Waals surface area contributed by atoms with Crippen LogP contribution >= 0.6 is 0 Å². The summed E-state index contributed by atoms with van der Waals surface area (Å²) in [5, 5.41) is 0. The van der Waals surface area contributed by atoms with Crippen LogP contribution in [0, 0.1) is 35.0 Å². The molecule has 4 aliphatic carbocycles. The number of ether oxygens (including phenoxy) is 1. The van der Waals surface area contributed by atoms with Gasteiger partial charge < -0.3 is 10.5 Å². The largest absolute Gasteiger partial charge is 0.369 e. The summed E-state index contributed by atoms with van der Waals surface area (Å²) in [5.41, 5.74) is 11.2. The molecule has 4 heteroatoms. The summed E-state index contributed by atoms with van der Waals surface area (Å²) in [4.78, 5) is 14.9. The summed E-state index contributed by atoms with van der Waals surface area (Å²) in [7, 11) is 0. The Labute approximate surface area is 206 Å². The van der Waals surface area contributed by atoms with E-state index in [1.807, 2.05) is 0 Å². The Bertz CT molecular complexity index is 923. The third-order valence-electron chi connectivity index (χ3n) is 11.5. The van der Waals surface area contributed by atoms with Crippen molar-refractivity contribution in [3.05, 3.63) is 22.8 Å². The highest BCUT2D eigenvalue weighted by molar-refractivity contribution is 5.82. The van der Waals surface area contributed by atoms with Gasteiger partial charge in [-0.1, -0.05) is 43.6 Å². The van der Waals surface area contributed by atoms with Crippen LogP contribution in [0.15, 0.2) is 22.8 Å². The molecule has 4 nitrogen and oxygen atoms in total. The lowest BCUT2D eigenvalue weighted by Gasteiger charge is -2.47. The molecular weight excluding hydrogens is 420 g/mol. The second-order valence-corrected chi connectivity index (χ2v) is 13.3. The summed E-state index contributed by atoms with van der Waals surface area (Å²) in [6, 6.07) is 0.530. The molecule has 0 aromatic carbocycles. The van der Waals surface area contributed by atoms with E-state index in [1.54, 1.807) is 11.1 Å². The van der Waals surface area contributed by atoms with E-state index in [0.29, 0.717) is 35.7 Å². The molecular formula is C30H46N2O2. The molecule has 0 aromatic rings. The van der Waals surface area contributed by atoms with Gasteiger partial charge in [-0.15, -0.1) is 0 Å². The third kappa shape index (κ3) is 3.38. The smallest absolute Gasteiger partial charge is 0.136 e. The number of nitrogens with two attached hydrogens (primary N) is 1. The minimum absolute atomic E-state index is 0.0000121. The molecule has 34 heavy (non-hydrogen) atoms. The van der Waals surface area contributed by atoms with Crippen molar-refractivity contribution in [3.63, 3.8) is 0 Å². The standard InChI is InChI=1S/C30H46N2O2/c1-18-13-27-28(32(17-18)12-11-31)20(3)30(34-27)10-8-23-24-6-5-21-14-22(33)7-9-29(21,4)26(24)15-25(23)19(2)16-30/h5,18,20,23-24,26-28H,6-17,31H2,1-4H3/t18-,20+,23-,24-,26-,27+,28-,29-,30-/m0/s1. The van der Waals surface area contributed by atoms with Crippen LogP contribution in [-0.2, 0) is 9.53 Å². The van der Waals surface area contributed by atoms with Crippen molar-refractivity contribution >= 4 is 5.78 Å². The molecule has 0 unspecified atom stereocenters. The van der Waals surface area contributed by atoms with E-state index in [-0.39, 0.29) is 11.0 Å². The van der Waals surface area contributed by atoms with E-state index in [1.165, 1.54) is 44.2 Å². The van der Waals surface area contributed by atoms with Gasteiger partial charge >= 0.3 is 0 Å². The summed E-state index contributed by atoms with van der Waals surface area (Å²) in [5.74, 6) is 3.91. The van der Waals surface area contributed by atoms with Crippen molar-refractivity contribution < 1.29 is 9.53 Å². The second kappa shape index (κ2) is 8.28. The van der Waals surface area contributed by atoms with Gasteiger partial charge in [-0.3, -0.25) is 9.69 Å². The van der Waals surface area contributed by atoms with Crippen LogP contribution in [0.25, 0.3) is 0 Å². The van der Waals surface area contributed by atoms with Crippen LogP contribution in [0.1, 0.15) is 85.5 Å². The monoisotopic (exact) mass is 466 g/mol. The van der Waals surface area contributed by atoms with Gasteiger partial charge in [0.1, 0.15) is 5.78 Å². The van der Waals surface area contributed by atoms with E-state index in [9.17, 15) is 4.79 Å². The number of allylic oxidation sites excluding steroid dienone is 3. The van der Waals surface area contributed by atoms with E-state index in [0.717, 1.165) is 50.6 Å². The second-order valence-electron chi connectivity index (χ2n) is 13.3. The quantitative estimate of drug-likeness (QED) is 0.563. The van der Waals surface area contributed by atoms with Crippen LogP contribution in [0.4, 0.5) is 0 Å². The summed E-state index contributed by atoms with van der Waals surface area (Å²) < 4.78 is 7.16. The van der Waals surface area contributed by atoms with E-state index < -0.39 is 0 Å². The lowest BCUT2D eigenvalue weighted by Crippen LogP contribution is -2.53. The number of nitrogens with zero attached hydrogens (tertiary/aromatic N) is 1. The van der Waals surface area contributed by atoms with Crippen LogP contribution < -0.4 is 5.73 Å². The van der Waals surface area contributed by atoms with E-state index in [2.05, 4.69) is 38.7 Å². The Hall–Kier alpha value is -0.970. The molecule has 0 amide bonds. The predicted molar refractivity (Wildman–Crippen MR) is 136 cm³/mol. The SMILES string of the molecule is CC1=C2C[C@H]3[C@@H](CC=C4CC(=O)CC[C@@]43C)[C@@H]2CC[C@@]2(C1)O[C@@H]1C[C@H](C)CN(CCN)[C@H]1[C@H]2C. The zero-order valence-corrected chi connectivity index (χ0v) is 21.9. The zero-order chi connectivity index (χ0) is 23.8. The molecule has 2 heterocycles. The molecule has 2 aliphatic heterocycles. The van der Waals surface area contributed by atoms with Gasteiger partial charge in [0.15, 0.2) is 0 Å². The first-order valence-electron chi connectivity index (χ1n) is 14.3. The fourth-order valence-electron chi connectivity index (χ4n) is 9.84. The number of hydrogen-bond donors (Lipinski definition) is 1. The molecule has 9 atom stereocenters. The number of piperidine rings is 1. The lowest BCUT2D eigenvalue weighted by molar-refractivity contribution is -0.121. The number of hydrogen-bond acceptors (Lipinski definition) is 4. The van der Waals surface area contributed by atoms with E-state index >= 15 is 0 Å². The molecule has 6 rings (SSSR count). The fraction of sp³-hybridized carbons (Fsp3) is 0.833. The third-order valence-corrected chi connectivity index (χ3v) is 11.5. The number of carbonyl (C=O) groups excluding carboxylic acids is 1. The van der Waals surface area contributed by atoms with Gasteiger partial charge in [-0.25, -0.2) is 0 Å². The topological polar surface area (TPSA) is 55.6 Å². The fourth-order valence-corrected chi connectivity index (χ4v) is 9.84. The first kappa shape index (κ1) is 23.4. The number of fused-ring (bicyclic) bond motifs is 6. The maximum Gasteiger partial charge on any atom is 0.136 e. The van der Waals surface area contributed by atoms with Gasteiger partial charge in [0, 0.05) is 44.4 Å². The number of carbonyl (C=O) groups is 1. The van der Waals surface area contributed by atoms with Gasteiger partial charge in [0.25, 0.3) is 0 Å². The maximum absolute atomic E-state index is 12.2. The Morgan fingerprint density at radius 2 is 2.09 bits per heavy atom. The Morgan fingerprint density at radius 3 is 2.88 bits per heavy atom. The summed E-state index contributed by atoms with van der Waals surface area (Å²) in [6.07, 6.45) is 12.7. The van der Waals surface area contributed by atoms with Crippen molar-refractivity contribution in [2.45, 2.75) is 103 Å². The minimum atomic E-state index is -0.0000121. The average molecular weight is 467 g/mol. The highest BCUT2D eigenvalue weighted by Crippen LogP contribution is 2.63. The van der Waals surface area contributed by atoms with Crippen LogP contribution in [0.2, 0.25) is 0 Å². The first-order valence-corrected chi connectivity index (χ1v) is 14.3. The Morgan fingerprint density at radius 1 is 1.26 bits per heavy atom. The lowest BCUT2D eigenvalue weighted by atomic mass is 9.57. The summed E-state index contributed by atoms with van der Waals surface area (Å²) >= 11 is 0. The van der Waals surface area contributed by atoms with Crippen LogP contribution in [0.5, 0.6) is 0 Å². The summed E-state index contributed by atoms with van der Waals surface area (Å²) in [6.45, 7) is 12.7. The molecule has 0 bridgehead atoms.